The van der Waals surface area contributed by atoms with Crippen molar-refractivity contribution >= 4 is 17.7 Å². The molecule has 3 aromatic carbocycles. The van der Waals surface area contributed by atoms with E-state index in [1.807, 2.05) is 92.7 Å². The van der Waals surface area contributed by atoms with Gasteiger partial charge in [-0.2, -0.15) is 0 Å². The largest absolute Gasteiger partial charge is 0.465 e. The Morgan fingerprint density at radius 2 is 1.55 bits per heavy atom. The molecule has 0 saturated heterocycles. The Morgan fingerprint density at radius 3 is 2.16 bits per heavy atom. The molecule has 0 radical (unpaired) electrons. The second-order valence-corrected chi connectivity index (χ2v) is 9.51. The van der Waals surface area contributed by atoms with Crippen LogP contribution in [0, 0.1) is 6.92 Å². The number of anilines is 1. The van der Waals surface area contributed by atoms with Crippen LogP contribution in [0.15, 0.2) is 83.4 Å². The van der Waals surface area contributed by atoms with E-state index in [0.29, 0.717) is 23.7 Å². The van der Waals surface area contributed by atoms with Gasteiger partial charge in [0.15, 0.2) is 5.76 Å². The summed E-state index contributed by atoms with van der Waals surface area (Å²) in [6, 6.07) is 25.4. The van der Waals surface area contributed by atoms with Crippen LogP contribution in [0.25, 0.3) is 22.5 Å². The van der Waals surface area contributed by atoms with Crippen LogP contribution in [-0.2, 0) is 19.7 Å². The average molecular weight is 511 g/mol. The number of hydrogen-bond donors (Lipinski definition) is 1. The second-order valence-electron chi connectivity index (χ2n) is 9.51. The molecular formula is C31H30N2O5. The number of benzene rings is 3. The first-order chi connectivity index (χ1) is 18.4. The molecule has 1 aliphatic rings. The number of esters is 1. The first-order valence-corrected chi connectivity index (χ1v) is 12.8. The molecule has 0 spiro atoms. The maximum atomic E-state index is 12.6. The number of amides is 1. The third kappa shape index (κ3) is 5.05. The summed E-state index contributed by atoms with van der Waals surface area (Å²) in [5.74, 6) is 0.320. The summed E-state index contributed by atoms with van der Waals surface area (Å²) in [7, 11) is 0. The minimum atomic E-state index is -0.582. The Hall–Kier alpha value is -4.39. The minimum Gasteiger partial charge on any atom is -0.465 e. The SMILES string of the molecule is CCOC(=O)C1(c2ccc(-c3ccc(-c4onc(C)c4NC(=O)O[C@@H](C)c4ccccc4)cc3)cc2)CC1. The molecule has 1 saturated carbocycles. The lowest BCUT2D eigenvalue weighted by Crippen LogP contribution is -2.23. The Morgan fingerprint density at radius 1 is 0.947 bits per heavy atom. The fourth-order valence-electron chi connectivity index (χ4n) is 4.60. The number of nitrogens with zero attached hydrogens (tertiary/aromatic N) is 1. The molecule has 5 rings (SSSR count). The highest BCUT2D eigenvalue weighted by Gasteiger charge is 2.52. The molecule has 1 aliphatic carbocycles. The van der Waals surface area contributed by atoms with Crippen molar-refractivity contribution in [3.63, 3.8) is 0 Å². The number of ether oxygens (including phenoxy) is 2. The van der Waals surface area contributed by atoms with E-state index in [1.54, 1.807) is 6.92 Å². The molecular weight excluding hydrogens is 480 g/mol. The summed E-state index contributed by atoms with van der Waals surface area (Å²) >= 11 is 0. The molecule has 4 aromatic rings. The Balaban J connectivity index is 1.29. The van der Waals surface area contributed by atoms with Gasteiger partial charge >= 0.3 is 12.1 Å². The molecule has 1 N–H and O–H groups in total. The number of aryl methyl sites for hydroxylation is 1. The van der Waals surface area contributed by atoms with Crippen LogP contribution in [0.1, 0.15) is 49.6 Å². The number of nitrogens with one attached hydrogen (secondary N) is 1. The third-order valence-corrected chi connectivity index (χ3v) is 6.98. The van der Waals surface area contributed by atoms with Crippen LogP contribution in [0.3, 0.4) is 0 Å². The molecule has 1 aromatic heterocycles. The van der Waals surface area contributed by atoms with Gasteiger partial charge in [0, 0.05) is 5.56 Å². The van der Waals surface area contributed by atoms with Gasteiger partial charge in [-0.15, -0.1) is 0 Å². The molecule has 7 heteroatoms. The van der Waals surface area contributed by atoms with Crippen molar-refractivity contribution in [2.75, 3.05) is 11.9 Å². The zero-order valence-electron chi connectivity index (χ0n) is 21.7. The van der Waals surface area contributed by atoms with E-state index in [9.17, 15) is 9.59 Å². The standard InChI is InChI=1S/C31H30N2O5/c1-4-36-29(34)31(18-19-31)26-16-14-24(15-17-26)23-10-12-25(13-11-23)28-27(20(2)33-38-28)32-30(35)37-21(3)22-8-6-5-7-9-22/h5-17,21H,4,18-19H2,1-3H3,(H,32,35)/t21-/m0/s1. The van der Waals surface area contributed by atoms with Crippen molar-refractivity contribution in [2.24, 2.45) is 0 Å². The van der Waals surface area contributed by atoms with Gasteiger partial charge in [-0.05, 0) is 55.9 Å². The van der Waals surface area contributed by atoms with Crippen molar-refractivity contribution in [1.82, 2.24) is 5.16 Å². The predicted molar refractivity (Wildman–Crippen MR) is 145 cm³/mol. The summed E-state index contributed by atoms with van der Waals surface area (Å²) in [6.07, 6.45) is 0.663. The monoisotopic (exact) mass is 510 g/mol. The molecule has 0 aliphatic heterocycles. The highest BCUT2D eigenvalue weighted by Crippen LogP contribution is 2.49. The first kappa shape index (κ1) is 25.3. The summed E-state index contributed by atoms with van der Waals surface area (Å²) in [5.41, 5.74) is 5.27. The van der Waals surface area contributed by atoms with Crippen molar-refractivity contribution in [3.05, 3.63) is 95.7 Å². The molecule has 1 fully saturated rings. The van der Waals surface area contributed by atoms with Gasteiger partial charge in [0.05, 0.1) is 12.0 Å². The van der Waals surface area contributed by atoms with Crippen LogP contribution in [0.2, 0.25) is 0 Å². The number of hydrogen-bond acceptors (Lipinski definition) is 6. The van der Waals surface area contributed by atoms with E-state index in [4.69, 9.17) is 14.0 Å². The molecule has 0 bridgehead atoms. The van der Waals surface area contributed by atoms with Gasteiger partial charge in [-0.3, -0.25) is 10.1 Å². The fourth-order valence-corrected chi connectivity index (χ4v) is 4.60. The van der Waals surface area contributed by atoms with Gasteiger partial charge in [0.25, 0.3) is 0 Å². The van der Waals surface area contributed by atoms with Crippen molar-refractivity contribution in [3.8, 4) is 22.5 Å². The highest BCUT2D eigenvalue weighted by atomic mass is 16.6. The number of aromatic nitrogens is 1. The fraction of sp³-hybridized carbons (Fsp3) is 0.258. The van der Waals surface area contributed by atoms with Gasteiger partial charge < -0.3 is 14.0 Å². The zero-order valence-corrected chi connectivity index (χ0v) is 21.7. The van der Waals surface area contributed by atoms with E-state index in [-0.39, 0.29) is 5.97 Å². The lowest BCUT2D eigenvalue weighted by molar-refractivity contribution is -0.146. The van der Waals surface area contributed by atoms with Crippen LogP contribution in [0.4, 0.5) is 10.5 Å². The smallest absolute Gasteiger partial charge is 0.412 e. The quantitative estimate of drug-likeness (QED) is 0.252. The molecule has 7 nitrogen and oxygen atoms in total. The Kier molecular flexibility index (Phi) is 7.01. The Labute approximate surface area is 221 Å². The van der Waals surface area contributed by atoms with Gasteiger partial charge in [-0.25, -0.2) is 4.79 Å². The summed E-state index contributed by atoms with van der Waals surface area (Å²) in [4.78, 5) is 25.0. The molecule has 194 valence electrons. The summed E-state index contributed by atoms with van der Waals surface area (Å²) in [5, 5.41) is 6.84. The average Bonchev–Trinajstić information content (AvgIpc) is 3.68. The van der Waals surface area contributed by atoms with Gasteiger partial charge in [0.1, 0.15) is 17.5 Å². The second kappa shape index (κ2) is 10.5. The topological polar surface area (TPSA) is 90.7 Å². The maximum absolute atomic E-state index is 12.6. The van der Waals surface area contributed by atoms with Crippen LogP contribution < -0.4 is 5.32 Å². The maximum Gasteiger partial charge on any atom is 0.412 e. The summed E-state index contributed by atoms with van der Waals surface area (Å²) in [6.45, 7) is 5.81. The van der Waals surface area contributed by atoms with Crippen LogP contribution in [-0.4, -0.2) is 23.8 Å². The van der Waals surface area contributed by atoms with E-state index in [0.717, 1.165) is 40.7 Å². The van der Waals surface area contributed by atoms with Crippen LogP contribution in [0.5, 0.6) is 0 Å². The first-order valence-electron chi connectivity index (χ1n) is 12.8. The Bertz CT molecular complexity index is 1420. The molecule has 1 amide bonds. The van der Waals surface area contributed by atoms with Crippen molar-refractivity contribution < 1.29 is 23.6 Å². The molecule has 0 unspecified atom stereocenters. The van der Waals surface area contributed by atoms with E-state index in [2.05, 4.69) is 10.5 Å². The zero-order chi connectivity index (χ0) is 26.7. The third-order valence-electron chi connectivity index (χ3n) is 6.98. The highest BCUT2D eigenvalue weighted by molar-refractivity contribution is 5.91. The van der Waals surface area contributed by atoms with Crippen molar-refractivity contribution in [2.45, 2.75) is 45.1 Å². The number of carbonyl (C=O) groups excluding carboxylic acids is 2. The predicted octanol–water partition coefficient (Wildman–Crippen LogP) is 7.22. The van der Waals surface area contributed by atoms with E-state index in [1.165, 1.54) is 0 Å². The molecule has 1 heterocycles. The summed E-state index contributed by atoms with van der Waals surface area (Å²) < 4.78 is 16.4. The number of rotatable bonds is 8. The molecule has 38 heavy (non-hydrogen) atoms. The van der Waals surface area contributed by atoms with E-state index < -0.39 is 17.6 Å². The molecule has 1 atom stereocenters. The normalized spacial score (nSPS) is 14.4. The van der Waals surface area contributed by atoms with Gasteiger partial charge in [-0.1, -0.05) is 84.0 Å². The lowest BCUT2D eigenvalue weighted by Gasteiger charge is -2.15. The van der Waals surface area contributed by atoms with Crippen molar-refractivity contribution in [1.29, 1.82) is 0 Å². The van der Waals surface area contributed by atoms with E-state index >= 15 is 0 Å². The number of carbonyl (C=O) groups is 2. The lowest BCUT2D eigenvalue weighted by atomic mass is 9.93. The minimum absolute atomic E-state index is 0.137. The van der Waals surface area contributed by atoms with Gasteiger partial charge in [0.2, 0.25) is 0 Å². The van der Waals surface area contributed by atoms with Crippen LogP contribution >= 0.6 is 0 Å².